The highest BCUT2D eigenvalue weighted by Gasteiger charge is 2.41. The van der Waals surface area contributed by atoms with Gasteiger partial charge in [-0.05, 0) is 42.8 Å². The molecular weight excluding hydrogens is 469 g/mol. The average molecular weight is 488 g/mol. The molecule has 1 atom stereocenters. The van der Waals surface area contributed by atoms with E-state index in [0.717, 1.165) is 11.3 Å². The Hall–Kier alpha value is -1.65. The molecule has 3 heterocycles. The first-order valence-electron chi connectivity index (χ1n) is 9.38. The lowest BCUT2D eigenvalue weighted by atomic mass is 10.1. The highest BCUT2D eigenvalue weighted by Crippen LogP contribution is 2.30. The Morgan fingerprint density at radius 3 is 2.23 bits per heavy atom. The lowest BCUT2D eigenvalue weighted by Gasteiger charge is -2.34. The van der Waals surface area contributed by atoms with Gasteiger partial charge in [-0.2, -0.15) is 4.31 Å². The normalized spacial score (nSPS) is 20.7. The molecule has 0 bridgehead atoms. The van der Waals surface area contributed by atoms with Crippen molar-refractivity contribution in [1.82, 2.24) is 9.21 Å². The summed E-state index contributed by atoms with van der Waals surface area (Å²) in [6.45, 7) is 1.34. The number of benzene rings is 1. The number of nitrogens with zero attached hydrogens (tertiary/aromatic N) is 3. The lowest BCUT2D eigenvalue weighted by molar-refractivity contribution is -0.140. The summed E-state index contributed by atoms with van der Waals surface area (Å²) in [6.07, 6.45) is 0.437. The van der Waals surface area contributed by atoms with Crippen molar-refractivity contribution in [3.05, 3.63) is 45.8 Å². The molecule has 4 rings (SSSR count). The summed E-state index contributed by atoms with van der Waals surface area (Å²) in [7, 11) is -3.62. The number of hydrogen-bond acceptors (Lipinski definition) is 5. The van der Waals surface area contributed by atoms with Crippen molar-refractivity contribution in [2.24, 2.45) is 5.92 Å². The first-order valence-corrected chi connectivity index (χ1v) is 12.4. The van der Waals surface area contributed by atoms with Crippen LogP contribution in [0.25, 0.3) is 0 Å². The predicted molar refractivity (Wildman–Crippen MR) is 117 cm³/mol. The van der Waals surface area contributed by atoms with Gasteiger partial charge >= 0.3 is 0 Å². The van der Waals surface area contributed by atoms with Gasteiger partial charge in [-0.15, -0.1) is 11.3 Å². The second-order valence-corrected chi connectivity index (χ2v) is 11.4. The van der Waals surface area contributed by atoms with Gasteiger partial charge in [0, 0.05) is 43.4 Å². The lowest BCUT2D eigenvalue weighted by Crippen LogP contribution is -2.52. The molecule has 0 aliphatic carbocycles. The molecule has 2 aromatic rings. The fourth-order valence-corrected chi connectivity index (χ4v) is 6.90. The van der Waals surface area contributed by atoms with E-state index >= 15 is 0 Å². The van der Waals surface area contributed by atoms with Crippen molar-refractivity contribution in [2.75, 3.05) is 37.6 Å². The number of amides is 2. The monoisotopic (exact) mass is 487 g/mol. The molecule has 2 aliphatic rings. The van der Waals surface area contributed by atoms with Gasteiger partial charge < -0.3 is 9.80 Å². The number of carbonyl (C=O) groups is 2. The van der Waals surface area contributed by atoms with E-state index in [2.05, 4.69) is 0 Å². The standard InChI is InChI=1S/C19H19Cl2N3O4S2/c20-13-1-3-14(4-2-13)24-8-7-15(19(24)26)18(25)22-9-11-23(12-10-22)30(27,28)17-6-5-16(21)29-17/h1-6,15H,7-12H2. The van der Waals surface area contributed by atoms with Crippen LogP contribution in [0.4, 0.5) is 5.69 Å². The number of hydrogen-bond donors (Lipinski definition) is 0. The van der Waals surface area contributed by atoms with Gasteiger partial charge in [0.15, 0.2) is 0 Å². The maximum Gasteiger partial charge on any atom is 0.252 e. The quantitative estimate of drug-likeness (QED) is 0.621. The minimum atomic E-state index is -3.62. The number of anilines is 1. The van der Waals surface area contributed by atoms with Crippen molar-refractivity contribution in [2.45, 2.75) is 10.6 Å². The third-order valence-electron chi connectivity index (χ3n) is 5.33. The summed E-state index contributed by atoms with van der Waals surface area (Å²) in [6, 6.07) is 9.97. The first-order chi connectivity index (χ1) is 14.3. The molecule has 0 saturated carbocycles. The molecule has 1 aromatic carbocycles. The van der Waals surface area contributed by atoms with Gasteiger partial charge in [0.05, 0.1) is 4.34 Å². The van der Waals surface area contributed by atoms with Gasteiger partial charge in [-0.1, -0.05) is 23.2 Å². The Balaban J connectivity index is 1.39. The van der Waals surface area contributed by atoms with Crippen molar-refractivity contribution in [3.8, 4) is 0 Å². The van der Waals surface area contributed by atoms with E-state index in [1.807, 2.05) is 0 Å². The number of piperazine rings is 1. The maximum absolute atomic E-state index is 12.9. The summed E-state index contributed by atoms with van der Waals surface area (Å²) in [4.78, 5) is 28.9. The van der Waals surface area contributed by atoms with Crippen LogP contribution in [0.15, 0.2) is 40.6 Å². The van der Waals surface area contributed by atoms with Crippen LogP contribution in [-0.2, 0) is 19.6 Å². The van der Waals surface area contributed by atoms with E-state index in [9.17, 15) is 18.0 Å². The predicted octanol–water partition coefficient (Wildman–Crippen LogP) is 2.94. The number of rotatable bonds is 4. The summed E-state index contributed by atoms with van der Waals surface area (Å²) >= 11 is 12.8. The minimum Gasteiger partial charge on any atom is -0.339 e. The largest absolute Gasteiger partial charge is 0.339 e. The molecule has 1 aromatic heterocycles. The van der Waals surface area contributed by atoms with Crippen molar-refractivity contribution in [1.29, 1.82) is 0 Å². The molecule has 2 aliphatic heterocycles. The zero-order chi connectivity index (χ0) is 21.5. The highest BCUT2D eigenvalue weighted by molar-refractivity contribution is 7.91. The molecule has 7 nitrogen and oxygen atoms in total. The van der Waals surface area contributed by atoms with E-state index in [1.165, 1.54) is 10.4 Å². The fraction of sp³-hybridized carbons (Fsp3) is 0.368. The summed E-state index contributed by atoms with van der Waals surface area (Å²) in [5.41, 5.74) is 0.713. The summed E-state index contributed by atoms with van der Waals surface area (Å²) in [5.74, 6) is -1.21. The Labute approximate surface area is 188 Å². The van der Waals surface area contributed by atoms with Gasteiger partial charge in [0.1, 0.15) is 10.1 Å². The third-order valence-corrected chi connectivity index (χ3v) is 9.18. The van der Waals surface area contributed by atoms with Crippen LogP contribution in [0, 0.1) is 5.92 Å². The van der Waals surface area contributed by atoms with Crippen molar-refractivity contribution >= 4 is 62.1 Å². The molecule has 2 saturated heterocycles. The first kappa shape index (κ1) is 21.6. The average Bonchev–Trinajstić information content (AvgIpc) is 3.34. The van der Waals surface area contributed by atoms with E-state index in [4.69, 9.17) is 23.2 Å². The third kappa shape index (κ3) is 4.09. The number of thiophene rings is 1. The minimum absolute atomic E-state index is 0.186. The Bertz CT molecular complexity index is 1060. The number of halogens is 2. The maximum atomic E-state index is 12.9. The highest BCUT2D eigenvalue weighted by atomic mass is 35.5. The van der Waals surface area contributed by atoms with Crippen LogP contribution in [0.2, 0.25) is 9.36 Å². The Kier molecular flexibility index (Phi) is 6.09. The van der Waals surface area contributed by atoms with Crippen LogP contribution >= 0.6 is 34.5 Å². The second kappa shape index (κ2) is 8.47. The number of carbonyl (C=O) groups excluding carboxylic acids is 2. The Morgan fingerprint density at radius 1 is 0.967 bits per heavy atom. The van der Waals surface area contributed by atoms with Crippen LogP contribution < -0.4 is 4.90 Å². The molecule has 0 radical (unpaired) electrons. The summed E-state index contributed by atoms with van der Waals surface area (Å²) in [5, 5.41) is 0.579. The zero-order valence-corrected chi connectivity index (χ0v) is 19.0. The fourth-order valence-electron chi connectivity index (χ4n) is 3.72. The van der Waals surface area contributed by atoms with Crippen LogP contribution in [0.5, 0.6) is 0 Å². The molecule has 0 N–H and O–H groups in total. The zero-order valence-electron chi connectivity index (χ0n) is 15.8. The van der Waals surface area contributed by atoms with Crippen molar-refractivity contribution in [3.63, 3.8) is 0 Å². The van der Waals surface area contributed by atoms with Gasteiger partial charge in [-0.3, -0.25) is 9.59 Å². The second-order valence-electron chi connectivity index (χ2n) is 7.10. The molecule has 2 fully saturated rings. The molecule has 160 valence electrons. The smallest absolute Gasteiger partial charge is 0.252 e. The van der Waals surface area contributed by atoms with E-state index in [-0.39, 0.29) is 42.2 Å². The molecule has 30 heavy (non-hydrogen) atoms. The van der Waals surface area contributed by atoms with E-state index in [1.54, 1.807) is 40.1 Å². The summed E-state index contributed by atoms with van der Waals surface area (Å²) < 4.78 is 27.4. The molecule has 2 amide bonds. The van der Waals surface area contributed by atoms with Crippen molar-refractivity contribution < 1.29 is 18.0 Å². The SMILES string of the molecule is O=C(C1CCN(c2ccc(Cl)cc2)C1=O)N1CCN(S(=O)(=O)c2ccc(Cl)s2)CC1. The van der Waals surface area contributed by atoms with Gasteiger partial charge in [-0.25, -0.2) is 8.42 Å². The molecule has 11 heteroatoms. The van der Waals surface area contributed by atoms with E-state index < -0.39 is 15.9 Å². The molecule has 0 spiro atoms. The molecule has 1 unspecified atom stereocenters. The Morgan fingerprint density at radius 2 is 1.63 bits per heavy atom. The van der Waals surface area contributed by atoms with Crippen LogP contribution in [0.1, 0.15) is 6.42 Å². The van der Waals surface area contributed by atoms with Crippen LogP contribution in [0.3, 0.4) is 0 Å². The van der Waals surface area contributed by atoms with Crippen LogP contribution in [-0.4, -0.2) is 62.2 Å². The van der Waals surface area contributed by atoms with Gasteiger partial charge in [0.2, 0.25) is 11.8 Å². The van der Waals surface area contributed by atoms with E-state index in [0.29, 0.717) is 28.0 Å². The molecular formula is C19H19Cl2N3O4S2. The van der Waals surface area contributed by atoms with Gasteiger partial charge in [0.25, 0.3) is 10.0 Å². The number of sulfonamides is 1. The topological polar surface area (TPSA) is 78.0 Å².